The van der Waals surface area contributed by atoms with Crippen molar-refractivity contribution in [1.82, 2.24) is 24.1 Å². The quantitative estimate of drug-likeness (QED) is 0.174. The third kappa shape index (κ3) is 8.75. The zero-order valence-corrected chi connectivity index (χ0v) is 36.4. The van der Waals surface area contributed by atoms with Crippen molar-refractivity contribution in [2.45, 2.75) is 61.0 Å². The molecule has 4 aliphatic rings. The van der Waals surface area contributed by atoms with Gasteiger partial charge in [-0.15, -0.1) is 18.5 Å². The number of carbonyl (C=O) groups excluding carboxylic acids is 2. The standard InChI is InChI=1S/C34H35N9O10P4S2/c35-9-4-13-46-56(58)48-15-22-25(27(54)33(50-22)42-12-8-20-29(38-17-39-30(20)42)41-32(45)19-5-2-1-3-6-19)53-57(59,47-14-10-36)49-16-23-26(52-56)28(55)34(51-23)43-18-40-24-21(44)7-11-37-31(24)43/h1-3,5-6,8,11-12,17-18,22-23,25-28,33-34H,4,7,13-16,54-55H2,(H,38,39,41,45)/t22?,23?,25-,26-,27-,28-,33?,34?,56?,57?/m1/s1. The maximum Gasteiger partial charge on any atom is 0.328 e. The van der Waals surface area contributed by atoms with Gasteiger partial charge in [-0.2, -0.15) is 10.5 Å². The summed E-state index contributed by atoms with van der Waals surface area (Å²) in [6.45, 7) is -8.45. The van der Waals surface area contributed by atoms with Crippen LogP contribution in [0.5, 0.6) is 0 Å². The number of aromatic nitrogens is 5. The molecule has 1 N–H and O–H groups in total. The number of carbonyl (C=O) groups is 2. The molecule has 0 bridgehead atoms. The van der Waals surface area contributed by atoms with Crippen LogP contribution in [0.1, 0.15) is 46.1 Å². The highest BCUT2D eigenvalue weighted by molar-refractivity contribution is 8.07. The Hall–Kier alpha value is -3.32. The summed E-state index contributed by atoms with van der Waals surface area (Å²) in [5.41, 5.74) is -0.0138. The van der Waals surface area contributed by atoms with Crippen molar-refractivity contribution < 1.29 is 46.2 Å². The highest BCUT2D eigenvalue weighted by Crippen LogP contribution is 2.59. The van der Waals surface area contributed by atoms with E-state index in [2.05, 4.69) is 43.7 Å². The summed E-state index contributed by atoms with van der Waals surface area (Å²) in [7, 11) is 5.41. The molecule has 4 aliphatic heterocycles. The molecule has 3 aromatic heterocycles. The smallest absolute Gasteiger partial charge is 0.328 e. The van der Waals surface area contributed by atoms with Gasteiger partial charge < -0.3 is 42.0 Å². The van der Waals surface area contributed by atoms with Crippen molar-refractivity contribution in [2.75, 3.05) is 31.7 Å². The van der Waals surface area contributed by atoms with Crippen molar-refractivity contribution in [3.05, 3.63) is 66.5 Å². The summed E-state index contributed by atoms with van der Waals surface area (Å²) in [4.78, 5) is 43.2. The number of anilines is 1. The van der Waals surface area contributed by atoms with Crippen LogP contribution in [0.3, 0.4) is 0 Å². The first-order chi connectivity index (χ1) is 28.5. The van der Waals surface area contributed by atoms with E-state index < -0.39 is 68.2 Å². The van der Waals surface area contributed by atoms with Crippen molar-refractivity contribution >= 4 is 96.1 Å². The number of amides is 1. The largest absolute Gasteiger partial charge is 0.349 e. The van der Waals surface area contributed by atoms with E-state index in [0.717, 1.165) is 0 Å². The Kier molecular flexibility index (Phi) is 12.9. The van der Waals surface area contributed by atoms with Gasteiger partial charge in [0, 0.05) is 35.7 Å². The van der Waals surface area contributed by atoms with Gasteiger partial charge in [0.1, 0.15) is 61.3 Å². The molecule has 0 spiro atoms. The molecule has 25 heteroatoms. The molecule has 7 heterocycles. The van der Waals surface area contributed by atoms with Gasteiger partial charge in [-0.05, 0) is 41.8 Å². The monoisotopic (exact) mass is 917 g/mol. The van der Waals surface area contributed by atoms with Gasteiger partial charge in [0.2, 0.25) is 0 Å². The van der Waals surface area contributed by atoms with E-state index in [1.54, 1.807) is 45.7 Å². The molecule has 8 rings (SSSR count). The van der Waals surface area contributed by atoms with Crippen molar-refractivity contribution in [1.29, 1.82) is 10.5 Å². The van der Waals surface area contributed by atoms with Crippen molar-refractivity contribution in [3.8, 4) is 12.1 Å². The van der Waals surface area contributed by atoms with Crippen LogP contribution in [0, 0.1) is 22.7 Å². The summed E-state index contributed by atoms with van der Waals surface area (Å²) >= 11 is 11.9. The molecular weight excluding hydrogens is 882 g/mol. The molecule has 3 saturated heterocycles. The number of nitriles is 2. The molecule has 0 radical (unpaired) electrons. The van der Waals surface area contributed by atoms with Gasteiger partial charge in [-0.3, -0.25) is 18.7 Å². The highest BCUT2D eigenvalue weighted by atomic mass is 32.5. The molecule has 3 fully saturated rings. The highest BCUT2D eigenvalue weighted by Gasteiger charge is 2.52. The summed E-state index contributed by atoms with van der Waals surface area (Å²) in [5, 5.41) is 22.2. The first-order valence-electron chi connectivity index (χ1n) is 18.0. The average Bonchev–Trinajstić information content (AvgIpc) is 4.01. The minimum Gasteiger partial charge on any atom is -0.349 e. The fourth-order valence-corrected chi connectivity index (χ4v) is 12.5. The van der Waals surface area contributed by atoms with E-state index in [-0.39, 0.29) is 50.0 Å². The number of Topliss-reactive ketones (excluding diaryl/α,β-unsaturated/α-hetero) is 1. The Morgan fingerprint density at radius 1 is 0.932 bits per heavy atom. The van der Waals surface area contributed by atoms with Crippen LogP contribution >= 0.6 is 31.9 Å². The first-order valence-corrected chi connectivity index (χ1v) is 24.5. The number of ether oxygens (including phenoxy) is 2. The second-order valence-electron chi connectivity index (χ2n) is 13.3. The number of rotatable bonds is 9. The zero-order chi connectivity index (χ0) is 41.3. The minimum absolute atomic E-state index is 0.00982. The maximum atomic E-state index is 13.0. The number of nitrogens with one attached hydrogen (secondary N) is 1. The number of aliphatic imine (C=N–C) groups is 1. The number of imidazole rings is 1. The average molecular weight is 918 g/mol. The van der Waals surface area contributed by atoms with Crippen molar-refractivity contribution in [2.24, 2.45) is 4.99 Å². The van der Waals surface area contributed by atoms with Crippen LogP contribution in [0.25, 0.3) is 11.0 Å². The Balaban J connectivity index is 1.10. The van der Waals surface area contributed by atoms with Gasteiger partial charge in [0.05, 0.1) is 50.1 Å². The number of hydrogen-bond donors (Lipinski definition) is 1. The van der Waals surface area contributed by atoms with E-state index in [0.29, 0.717) is 28.2 Å². The lowest BCUT2D eigenvalue weighted by molar-refractivity contribution is -0.0607. The minimum atomic E-state index is -3.76. The van der Waals surface area contributed by atoms with Crippen LogP contribution in [-0.2, 0) is 60.2 Å². The first kappa shape index (κ1) is 42.4. The molecular formula is C34H35N9O10P4S2. The topological polar surface area (TPSA) is 228 Å². The molecule has 4 aromatic rings. The zero-order valence-electron chi connectivity index (χ0n) is 30.7. The van der Waals surface area contributed by atoms with Crippen LogP contribution in [-0.4, -0.2) is 104 Å². The van der Waals surface area contributed by atoms with E-state index in [4.69, 9.17) is 60.2 Å². The molecule has 12 atom stereocenters. The molecule has 0 aliphatic carbocycles. The third-order valence-electron chi connectivity index (χ3n) is 9.67. The normalized spacial score (nSPS) is 31.9. The van der Waals surface area contributed by atoms with Gasteiger partial charge in [0.15, 0.2) is 17.3 Å². The van der Waals surface area contributed by atoms with E-state index in [9.17, 15) is 20.1 Å². The van der Waals surface area contributed by atoms with E-state index >= 15 is 0 Å². The van der Waals surface area contributed by atoms with Crippen LogP contribution < -0.4 is 5.32 Å². The Bertz CT molecular complexity index is 2460. The van der Waals surface area contributed by atoms with Crippen LogP contribution in [0.15, 0.2) is 60.2 Å². The fraction of sp³-hybridized carbons (Fsp3) is 0.412. The second kappa shape index (κ2) is 18.0. The number of nitrogens with zero attached hydrogens (tertiary/aromatic N) is 8. The molecule has 1 aromatic carbocycles. The molecule has 19 nitrogen and oxygen atoms in total. The Morgan fingerprint density at radius 2 is 1.61 bits per heavy atom. The summed E-state index contributed by atoms with van der Waals surface area (Å²) in [5.74, 6) is 0.0948. The van der Waals surface area contributed by atoms with E-state index in [1.165, 1.54) is 18.9 Å². The lowest BCUT2D eigenvalue weighted by Gasteiger charge is -2.33. The lowest BCUT2D eigenvalue weighted by atomic mass is 10.1. The van der Waals surface area contributed by atoms with Crippen LogP contribution in [0.4, 0.5) is 11.6 Å². The second-order valence-corrected chi connectivity index (χ2v) is 20.8. The number of benzene rings is 1. The molecule has 8 unspecified atom stereocenters. The summed E-state index contributed by atoms with van der Waals surface area (Å²) in [6, 6.07) is 14.5. The number of hydrogen-bond acceptors (Lipinski definition) is 18. The van der Waals surface area contributed by atoms with Gasteiger partial charge in [-0.25, -0.2) is 19.9 Å². The predicted octanol–water partition coefficient (Wildman–Crippen LogP) is 4.89. The van der Waals surface area contributed by atoms with Gasteiger partial charge >= 0.3 is 13.4 Å². The van der Waals surface area contributed by atoms with Crippen molar-refractivity contribution in [3.63, 3.8) is 0 Å². The maximum absolute atomic E-state index is 13.0. The SMILES string of the molecule is N#CCCOP1(=S)OCC2OC(n3ccc4c(NC(=O)c5ccccc5)ncnc43)[C@H](P)[C@@H]2OP(=S)(OCC#N)OCC2OC(n3cnc4c3N=CCC4=O)[C@H](P)[C@@H]2O1. The lowest BCUT2D eigenvalue weighted by Crippen LogP contribution is -2.37. The fourth-order valence-electron chi connectivity index (χ4n) is 6.92. The summed E-state index contributed by atoms with van der Waals surface area (Å²) < 4.78 is 54.2. The number of ketones is 1. The molecule has 308 valence electrons. The molecule has 1 amide bonds. The summed E-state index contributed by atoms with van der Waals surface area (Å²) in [6.07, 6.45) is 1.05. The Morgan fingerprint density at radius 3 is 2.29 bits per heavy atom. The molecule has 0 saturated carbocycles. The Labute approximate surface area is 352 Å². The van der Waals surface area contributed by atoms with Gasteiger partial charge in [-0.1, -0.05) is 18.2 Å². The predicted molar refractivity (Wildman–Crippen MR) is 224 cm³/mol. The number of fused-ring (bicyclic) bond motifs is 4. The molecule has 59 heavy (non-hydrogen) atoms. The van der Waals surface area contributed by atoms with Gasteiger partial charge in [0.25, 0.3) is 5.91 Å². The van der Waals surface area contributed by atoms with E-state index in [1.807, 2.05) is 18.2 Å². The third-order valence-corrected chi connectivity index (χ3v) is 15.7. The van der Waals surface area contributed by atoms with Crippen LogP contribution in [0.2, 0.25) is 0 Å².